The van der Waals surface area contributed by atoms with Gasteiger partial charge in [0.05, 0.1) is 23.3 Å². The number of anilines is 3. The Labute approximate surface area is 242 Å². The molecule has 4 N–H and O–H groups in total. The maximum atomic E-state index is 9.53. The molecule has 2 atom stereocenters. The number of nitriles is 1. The molecule has 2 aromatic heterocycles. The molecule has 3 aliphatic rings. The van der Waals surface area contributed by atoms with Crippen LogP contribution in [0.4, 0.5) is 17.5 Å². The molecule has 41 heavy (non-hydrogen) atoms. The number of nitrogens with zero attached hydrogens (tertiary/aromatic N) is 8. The van der Waals surface area contributed by atoms with Crippen molar-refractivity contribution in [2.45, 2.75) is 38.9 Å². The molecule has 6 rings (SSSR count). The number of pyridine rings is 1. The Balaban J connectivity index is 0.00000126. The number of piperazine rings is 1. The van der Waals surface area contributed by atoms with E-state index in [0.29, 0.717) is 5.56 Å². The fourth-order valence-corrected chi connectivity index (χ4v) is 6.07. The van der Waals surface area contributed by atoms with Gasteiger partial charge in [-0.25, -0.2) is 4.98 Å². The maximum absolute atomic E-state index is 9.53. The van der Waals surface area contributed by atoms with Crippen LogP contribution in [0.5, 0.6) is 0 Å². The summed E-state index contributed by atoms with van der Waals surface area (Å²) in [4.78, 5) is 23.8. The molecule has 3 aromatic rings. The average Bonchev–Trinajstić information content (AvgIpc) is 3.53. The Morgan fingerprint density at radius 2 is 1.73 bits per heavy atom. The van der Waals surface area contributed by atoms with E-state index in [-0.39, 0.29) is 18.4 Å². The fourth-order valence-electron chi connectivity index (χ4n) is 6.07. The quantitative estimate of drug-likeness (QED) is 0.475. The van der Waals surface area contributed by atoms with Crippen LogP contribution in [-0.2, 0) is 4.74 Å². The smallest absolute Gasteiger partial charge is 0.227 e. The molecule has 220 valence electrons. The third kappa shape index (κ3) is 6.85. The summed E-state index contributed by atoms with van der Waals surface area (Å²) in [6, 6.07) is 12.4. The Morgan fingerprint density at radius 3 is 2.46 bits per heavy atom. The van der Waals surface area contributed by atoms with Gasteiger partial charge in [-0.15, -0.1) is 0 Å². The van der Waals surface area contributed by atoms with E-state index >= 15 is 0 Å². The van der Waals surface area contributed by atoms with Gasteiger partial charge in [-0.05, 0) is 51.0 Å². The lowest BCUT2D eigenvalue weighted by Gasteiger charge is -2.42. The average molecular weight is 562 g/mol. The summed E-state index contributed by atoms with van der Waals surface area (Å²) >= 11 is 0. The summed E-state index contributed by atoms with van der Waals surface area (Å²) in [5.41, 5.74) is 3.55. The molecule has 11 heteroatoms. The number of hydrogen-bond acceptors (Lipinski definition) is 11. The summed E-state index contributed by atoms with van der Waals surface area (Å²) in [5, 5.41) is 17.6. The molecule has 0 bridgehead atoms. The molecule has 3 saturated heterocycles. The summed E-state index contributed by atoms with van der Waals surface area (Å²) in [7, 11) is 1.00. The number of rotatable bonds is 5. The van der Waals surface area contributed by atoms with Crippen LogP contribution in [0.3, 0.4) is 0 Å². The van der Waals surface area contributed by atoms with E-state index in [1.807, 2.05) is 12.1 Å². The lowest BCUT2D eigenvalue weighted by Crippen LogP contribution is -2.54. The third-order valence-electron chi connectivity index (χ3n) is 7.91. The molecule has 0 unspecified atom stereocenters. The van der Waals surface area contributed by atoms with E-state index in [1.54, 1.807) is 6.20 Å². The summed E-state index contributed by atoms with van der Waals surface area (Å²) in [6.07, 6.45) is 4.46. The monoisotopic (exact) mass is 561 g/mol. The van der Waals surface area contributed by atoms with E-state index < -0.39 is 0 Å². The SMILES string of the molecule is CO.Cc1cc(N2CCN(C[C@H]3CN(c4ccc(C#N)c5ncccc45)C[C@@H](C)O3)CC2)nc(N2CCCC2)n1.N. The Bertz CT molecular complexity index is 1330. The van der Waals surface area contributed by atoms with Gasteiger partial charge in [0, 0.05) is 95.0 Å². The molecule has 11 nitrogen and oxygen atoms in total. The van der Waals surface area contributed by atoms with Gasteiger partial charge in [0.1, 0.15) is 11.9 Å². The van der Waals surface area contributed by atoms with Gasteiger partial charge in [0.15, 0.2) is 0 Å². The normalized spacial score (nSPS) is 21.2. The highest BCUT2D eigenvalue weighted by Crippen LogP contribution is 2.30. The van der Waals surface area contributed by atoms with E-state index in [1.165, 1.54) is 12.8 Å². The topological polar surface area (TPSA) is 140 Å². The number of aliphatic hydroxyl groups excluding tert-OH is 1. The highest BCUT2D eigenvalue weighted by atomic mass is 16.5. The van der Waals surface area contributed by atoms with E-state index in [0.717, 1.165) is 100 Å². The molecule has 3 fully saturated rings. The fraction of sp³-hybridized carbons (Fsp3) is 0.533. The van der Waals surface area contributed by atoms with Crippen molar-refractivity contribution in [2.24, 2.45) is 0 Å². The summed E-state index contributed by atoms with van der Waals surface area (Å²) in [6.45, 7) is 12.8. The standard InChI is InChI=1S/C29H36N8O.CH4O.H3N/c1-21-16-27(33-29(32-21)36-10-3-4-11-36)35-14-12-34(13-15-35)19-24-20-37(18-22(2)38-24)26-8-7-23(17-30)28-25(26)6-5-9-31-28;1-2;/h5-9,16,22,24H,3-4,10-15,18-20H2,1-2H3;2H,1H3;1H3/t22-,24+;;/m1../s1. The molecule has 0 radical (unpaired) electrons. The molecule has 1 aromatic carbocycles. The third-order valence-corrected chi connectivity index (χ3v) is 7.91. The van der Waals surface area contributed by atoms with Crippen LogP contribution >= 0.6 is 0 Å². The second-order valence-electron chi connectivity index (χ2n) is 10.8. The number of aromatic nitrogens is 3. The van der Waals surface area contributed by atoms with Gasteiger partial charge in [0.2, 0.25) is 5.95 Å². The Morgan fingerprint density at radius 1 is 0.976 bits per heavy atom. The number of aryl methyl sites for hydroxylation is 1. The maximum Gasteiger partial charge on any atom is 0.227 e. The number of fused-ring (bicyclic) bond motifs is 1. The van der Waals surface area contributed by atoms with Gasteiger partial charge >= 0.3 is 0 Å². The highest BCUT2D eigenvalue weighted by molar-refractivity contribution is 5.95. The number of hydrogen-bond donors (Lipinski definition) is 2. The summed E-state index contributed by atoms with van der Waals surface area (Å²) in [5.74, 6) is 1.93. The van der Waals surface area contributed by atoms with Gasteiger partial charge < -0.3 is 30.7 Å². The van der Waals surface area contributed by atoms with Gasteiger partial charge in [-0.3, -0.25) is 9.88 Å². The first-order chi connectivity index (χ1) is 19.6. The van der Waals surface area contributed by atoms with E-state index in [9.17, 15) is 5.26 Å². The Hall–Kier alpha value is -3.56. The lowest BCUT2D eigenvalue weighted by molar-refractivity contribution is -0.0327. The van der Waals surface area contributed by atoms with Crippen LogP contribution in [0.25, 0.3) is 10.9 Å². The number of morpholine rings is 1. The van der Waals surface area contributed by atoms with E-state index in [4.69, 9.17) is 19.8 Å². The van der Waals surface area contributed by atoms with Gasteiger partial charge in [-0.1, -0.05) is 0 Å². The van der Waals surface area contributed by atoms with Crippen molar-refractivity contribution in [1.29, 1.82) is 5.26 Å². The van der Waals surface area contributed by atoms with Crippen LogP contribution in [0.1, 0.15) is 31.0 Å². The number of benzene rings is 1. The van der Waals surface area contributed by atoms with Crippen molar-refractivity contribution in [3.8, 4) is 6.07 Å². The van der Waals surface area contributed by atoms with Crippen molar-refractivity contribution < 1.29 is 9.84 Å². The molecular formula is C30H43N9O2. The largest absolute Gasteiger partial charge is 0.400 e. The number of aliphatic hydroxyl groups is 1. The molecule has 3 aliphatic heterocycles. The number of ether oxygens (including phenoxy) is 1. The molecule has 0 aliphatic carbocycles. The lowest BCUT2D eigenvalue weighted by atomic mass is 10.1. The zero-order valence-electron chi connectivity index (χ0n) is 24.5. The van der Waals surface area contributed by atoms with Crippen LogP contribution in [0, 0.1) is 18.3 Å². The van der Waals surface area contributed by atoms with Crippen molar-refractivity contribution in [1.82, 2.24) is 26.0 Å². The second-order valence-corrected chi connectivity index (χ2v) is 10.8. The molecule has 0 saturated carbocycles. The first-order valence-electron chi connectivity index (χ1n) is 14.3. The predicted molar refractivity (Wildman–Crippen MR) is 163 cm³/mol. The van der Waals surface area contributed by atoms with E-state index in [2.05, 4.69) is 62.7 Å². The first kappa shape index (κ1) is 30.4. The minimum Gasteiger partial charge on any atom is -0.400 e. The zero-order valence-corrected chi connectivity index (χ0v) is 24.5. The molecule has 0 spiro atoms. The van der Waals surface area contributed by atoms with Gasteiger partial charge in [-0.2, -0.15) is 10.2 Å². The van der Waals surface area contributed by atoms with Crippen LogP contribution in [-0.4, -0.2) is 103 Å². The van der Waals surface area contributed by atoms with Crippen molar-refractivity contribution in [3.63, 3.8) is 0 Å². The minimum absolute atomic E-state index is 0. The van der Waals surface area contributed by atoms with Crippen molar-refractivity contribution in [3.05, 3.63) is 47.8 Å². The van der Waals surface area contributed by atoms with Crippen LogP contribution in [0.15, 0.2) is 36.5 Å². The Kier molecular flexibility index (Phi) is 10.3. The zero-order chi connectivity index (χ0) is 28.1. The van der Waals surface area contributed by atoms with Gasteiger partial charge in [0.25, 0.3) is 0 Å². The van der Waals surface area contributed by atoms with Crippen LogP contribution < -0.4 is 20.9 Å². The molecule has 5 heterocycles. The summed E-state index contributed by atoms with van der Waals surface area (Å²) < 4.78 is 6.41. The highest BCUT2D eigenvalue weighted by Gasteiger charge is 2.30. The van der Waals surface area contributed by atoms with Crippen molar-refractivity contribution >= 4 is 28.4 Å². The second kappa shape index (κ2) is 13.9. The molecular weight excluding hydrogens is 518 g/mol. The minimum atomic E-state index is 0. The molecule has 0 amide bonds. The van der Waals surface area contributed by atoms with Crippen molar-refractivity contribution in [2.75, 3.05) is 80.7 Å². The first-order valence-corrected chi connectivity index (χ1v) is 14.3. The predicted octanol–water partition coefficient (Wildman–Crippen LogP) is 2.99. The van der Waals surface area contributed by atoms with Crippen LogP contribution in [0.2, 0.25) is 0 Å².